The number of carbonyl (C=O) groups is 1. The lowest BCUT2D eigenvalue weighted by Crippen LogP contribution is -2.25. The number of unbranched alkanes of at least 4 members (excludes halogenated alkanes) is 1. The zero-order chi connectivity index (χ0) is 20.1. The third-order valence-corrected chi connectivity index (χ3v) is 5.70. The van der Waals surface area contributed by atoms with Gasteiger partial charge in [0.05, 0.1) is 16.3 Å². The molecule has 0 spiro atoms. The summed E-state index contributed by atoms with van der Waals surface area (Å²) in [6, 6.07) is 11.3. The highest BCUT2D eigenvalue weighted by Crippen LogP contribution is 2.28. The quantitative estimate of drug-likeness (QED) is 0.606. The fourth-order valence-electron chi connectivity index (χ4n) is 3.15. The van der Waals surface area contributed by atoms with E-state index in [9.17, 15) is 9.59 Å². The van der Waals surface area contributed by atoms with E-state index in [1.54, 1.807) is 11.5 Å². The van der Waals surface area contributed by atoms with E-state index in [2.05, 4.69) is 11.4 Å². The normalized spacial score (nSPS) is 10.8. The third kappa shape index (κ3) is 3.97. The van der Waals surface area contributed by atoms with Gasteiger partial charge in [0.1, 0.15) is 10.7 Å². The van der Waals surface area contributed by atoms with Gasteiger partial charge in [-0.1, -0.05) is 25.1 Å². The number of aryl methyl sites for hydroxylation is 2. The maximum absolute atomic E-state index is 13.1. The number of nitrogens with zero attached hydrogens (tertiary/aromatic N) is 3. The van der Waals surface area contributed by atoms with Crippen LogP contribution in [-0.4, -0.2) is 15.5 Å². The van der Waals surface area contributed by atoms with Gasteiger partial charge in [-0.2, -0.15) is 5.26 Å². The Labute approximate surface area is 167 Å². The van der Waals surface area contributed by atoms with Crippen LogP contribution >= 0.6 is 11.3 Å². The van der Waals surface area contributed by atoms with E-state index in [0.717, 1.165) is 6.42 Å². The summed E-state index contributed by atoms with van der Waals surface area (Å²) < 4.78 is 1.67. The zero-order valence-electron chi connectivity index (χ0n) is 16.0. The van der Waals surface area contributed by atoms with Crippen LogP contribution in [-0.2, 0) is 13.0 Å². The van der Waals surface area contributed by atoms with Gasteiger partial charge in [0, 0.05) is 25.1 Å². The van der Waals surface area contributed by atoms with Crippen LogP contribution < -0.4 is 10.9 Å². The van der Waals surface area contributed by atoms with E-state index in [1.165, 1.54) is 11.3 Å². The van der Waals surface area contributed by atoms with Crippen LogP contribution in [0.4, 0.5) is 5.69 Å². The molecule has 6 nitrogen and oxygen atoms in total. The maximum Gasteiger partial charge on any atom is 0.266 e. The van der Waals surface area contributed by atoms with Gasteiger partial charge in [-0.3, -0.25) is 14.2 Å². The largest absolute Gasteiger partial charge is 0.321 e. The highest BCUT2D eigenvalue weighted by molar-refractivity contribution is 7.20. The number of benzene rings is 1. The number of hydrogen-bond donors (Lipinski definition) is 1. The number of amides is 1. The molecule has 3 aromatic rings. The summed E-state index contributed by atoms with van der Waals surface area (Å²) in [5.41, 5.74) is 1.24. The van der Waals surface area contributed by atoms with Crippen molar-refractivity contribution in [3.8, 4) is 6.07 Å². The molecule has 0 radical (unpaired) electrons. The molecule has 0 aliphatic carbocycles. The number of nitrogens with one attached hydrogen (secondary N) is 1. The minimum absolute atomic E-state index is 0.126. The zero-order valence-corrected chi connectivity index (χ0v) is 16.8. The van der Waals surface area contributed by atoms with Crippen molar-refractivity contribution >= 4 is 33.1 Å². The van der Waals surface area contributed by atoms with Crippen molar-refractivity contribution in [1.82, 2.24) is 9.55 Å². The van der Waals surface area contributed by atoms with Crippen LogP contribution in [0.3, 0.4) is 0 Å². The number of rotatable bonds is 7. The Morgan fingerprint density at radius 1 is 1.32 bits per heavy atom. The smallest absolute Gasteiger partial charge is 0.266 e. The molecule has 1 amide bonds. The molecule has 28 heavy (non-hydrogen) atoms. The second-order valence-corrected chi connectivity index (χ2v) is 7.55. The first-order valence-corrected chi connectivity index (χ1v) is 10.1. The second kappa shape index (κ2) is 8.81. The molecule has 0 saturated heterocycles. The van der Waals surface area contributed by atoms with Gasteiger partial charge < -0.3 is 5.32 Å². The highest BCUT2D eigenvalue weighted by Gasteiger charge is 2.21. The Hall–Kier alpha value is -2.98. The molecule has 0 aliphatic heterocycles. The van der Waals surface area contributed by atoms with E-state index in [4.69, 9.17) is 10.2 Å². The third-order valence-electron chi connectivity index (χ3n) is 4.51. The minimum Gasteiger partial charge on any atom is -0.321 e. The molecule has 3 rings (SSSR count). The maximum atomic E-state index is 13.1. The van der Waals surface area contributed by atoms with Gasteiger partial charge in [0.25, 0.3) is 11.5 Å². The van der Waals surface area contributed by atoms with Gasteiger partial charge in [0.2, 0.25) is 0 Å². The summed E-state index contributed by atoms with van der Waals surface area (Å²) in [6.45, 7) is 4.29. The Balaban J connectivity index is 2.04. The van der Waals surface area contributed by atoms with Crippen LogP contribution in [0.1, 0.15) is 47.2 Å². The molecular weight excluding hydrogens is 372 g/mol. The van der Waals surface area contributed by atoms with Crippen molar-refractivity contribution in [2.75, 3.05) is 5.32 Å². The van der Waals surface area contributed by atoms with Crippen LogP contribution in [0, 0.1) is 18.3 Å². The lowest BCUT2D eigenvalue weighted by Gasteiger charge is -2.11. The molecule has 0 fully saturated rings. The Bertz CT molecular complexity index is 1090. The lowest BCUT2D eigenvalue weighted by molar-refractivity contribution is 0.103. The molecule has 0 unspecified atom stereocenters. The number of fused-ring (bicyclic) bond motifs is 1. The summed E-state index contributed by atoms with van der Waals surface area (Å²) in [5.74, 6) is 0.480. The average molecular weight is 395 g/mol. The topological polar surface area (TPSA) is 87.8 Å². The summed E-state index contributed by atoms with van der Waals surface area (Å²) in [5, 5.41) is 12.2. The first kappa shape index (κ1) is 19.8. The van der Waals surface area contributed by atoms with Crippen molar-refractivity contribution < 1.29 is 4.79 Å². The SMILES string of the molecule is CCCc1nc2sc(C(=O)Nc3ccccc3)c(C)c2c(=O)n1CCCC#N. The summed E-state index contributed by atoms with van der Waals surface area (Å²) >= 11 is 1.25. The van der Waals surface area contributed by atoms with E-state index in [0.29, 0.717) is 58.0 Å². The van der Waals surface area contributed by atoms with Gasteiger partial charge >= 0.3 is 0 Å². The van der Waals surface area contributed by atoms with Gasteiger partial charge in [-0.15, -0.1) is 11.3 Å². The van der Waals surface area contributed by atoms with Gasteiger partial charge in [-0.25, -0.2) is 4.98 Å². The Morgan fingerprint density at radius 3 is 2.75 bits per heavy atom. The van der Waals surface area contributed by atoms with E-state index in [-0.39, 0.29) is 11.5 Å². The van der Waals surface area contributed by atoms with Crippen molar-refractivity contribution in [2.24, 2.45) is 0 Å². The fraction of sp³-hybridized carbons (Fsp3) is 0.333. The highest BCUT2D eigenvalue weighted by atomic mass is 32.1. The monoisotopic (exact) mass is 394 g/mol. The molecule has 7 heteroatoms. The second-order valence-electron chi connectivity index (χ2n) is 6.55. The number of hydrogen-bond acceptors (Lipinski definition) is 5. The Kier molecular flexibility index (Phi) is 6.22. The minimum atomic E-state index is -0.237. The molecule has 0 bridgehead atoms. The predicted octanol–water partition coefficient (Wildman–Crippen LogP) is 4.28. The molecular formula is C21H22N4O2S. The standard InChI is InChI=1S/C21H22N4O2S/c1-3-9-16-24-20-17(21(27)25(16)13-8-7-12-22)14(2)18(28-20)19(26)23-15-10-5-4-6-11-15/h4-6,10-11H,3,7-9,13H2,1-2H3,(H,23,26). The predicted molar refractivity (Wildman–Crippen MR) is 112 cm³/mol. The van der Waals surface area contributed by atoms with Crippen LogP contribution in [0.2, 0.25) is 0 Å². The first-order valence-electron chi connectivity index (χ1n) is 9.33. The van der Waals surface area contributed by atoms with E-state index >= 15 is 0 Å². The lowest BCUT2D eigenvalue weighted by atomic mass is 10.2. The van der Waals surface area contributed by atoms with Gasteiger partial charge in [0.15, 0.2) is 0 Å². The van der Waals surface area contributed by atoms with Crippen LogP contribution in [0.25, 0.3) is 10.2 Å². The van der Waals surface area contributed by atoms with Crippen molar-refractivity contribution in [1.29, 1.82) is 5.26 Å². The van der Waals surface area contributed by atoms with Crippen molar-refractivity contribution in [3.63, 3.8) is 0 Å². The van der Waals surface area contributed by atoms with Crippen LogP contribution in [0.5, 0.6) is 0 Å². The molecule has 0 saturated carbocycles. The van der Waals surface area contributed by atoms with Crippen LogP contribution in [0.15, 0.2) is 35.1 Å². The fourth-order valence-corrected chi connectivity index (χ4v) is 4.23. The summed E-state index contributed by atoms with van der Waals surface area (Å²) in [7, 11) is 0. The van der Waals surface area contributed by atoms with Crippen molar-refractivity contribution in [3.05, 3.63) is 57.0 Å². The molecule has 0 atom stereocenters. The number of anilines is 1. The molecule has 0 aliphatic rings. The molecule has 2 aromatic heterocycles. The summed E-state index contributed by atoms with van der Waals surface area (Å²) in [4.78, 5) is 31.7. The number of carbonyl (C=O) groups excluding carboxylic acids is 1. The van der Waals surface area contributed by atoms with E-state index in [1.807, 2.05) is 37.3 Å². The molecule has 1 aromatic carbocycles. The number of nitriles is 1. The molecule has 1 N–H and O–H groups in total. The number of thiophene rings is 1. The Morgan fingerprint density at radius 2 is 2.07 bits per heavy atom. The first-order chi connectivity index (χ1) is 13.6. The van der Waals surface area contributed by atoms with E-state index < -0.39 is 0 Å². The van der Waals surface area contributed by atoms with Gasteiger partial charge in [-0.05, 0) is 37.5 Å². The molecule has 2 heterocycles. The summed E-state index contributed by atoms with van der Waals surface area (Å²) in [6.07, 6.45) is 2.54. The average Bonchev–Trinajstić information content (AvgIpc) is 3.02. The molecule has 144 valence electrons. The van der Waals surface area contributed by atoms with Crippen molar-refractivity contribution in [2.45, 2.75) is 46.1 Å². The number of para-hydroxylation sites is 1. The number of aromatic nitrogens is 2.